The molecule has 0 bridgehead atoms. The van der Waals surface area contributed by atoms with E-state index in [9.17, 15) is 4.79 Å². The molecule has 0 aliphatic carbocycles. The van der Waals surface area contributed by atoms with Crippen LogP contribution in [-0.2, 0) is 0 Å². The van der Waals surface area contributed by atoms with Crippen LogP contribution in [0.5, 0.6) is 5.75 Å². The highest BCUT2D eigenvalue weighted by Crippen LogP contribution is 2.22. The summed E-state index contributed by atoms with van der Waals surface area (Å²) in [7, 11) is 1.63. The fraction of sp³-hybridized carbons (Fsp3) is 0.200. The molecule has 0 amide bonds. The van der Waals surface area contributed by atoms with Gasteiger partial charge in [-0.05, 0) is 24.3 Å². The Labute approximate surface area is 106 Å². The molecule has 0 N–H and O–H groups in total. The average molecular weight is 241 g/mol. The fourth-order valence-electron chi connectivity index (χ4n) is 1.75. The summed E-state index contributed by atoms with van der Waals surface area (Å²) in [6.45, 7) is 1.86. The van der Waals surface area contributed by atoms with Gasteiger partial charge in [-0.2, -0.15) is 0 Å². The van der Waals surface area contributed by atoms with E-state index in [4.69, 9.17) is 4.74 Å². The maximum Gasteiger partial charge on any atom is 0.162 e. The normalized spacial score (nSPS) is 10.1. The molecule has 0 aliphatic rings. The molecule has 0 spiro atoms. The zero-order valence-electron chi connectivity index (χ0n) is 10.5. The van der Waals surface area contributed by atoms with Gasteiger partial charge < -0.3 is 4.74 Å². The van der Waals surface area contributed by atoms with Crippen LogP contribution in [-0.4, -0.2) is 17.9 Å². The fourth-order valence-corrected chi connectivity index (χ4v) is 1.75. The van der Waals surface area contributed by atoms with Crippen LogP contribution in [0.15, 0.2) is 42.6 Å². The van der Waals surface area contributed by atoms with Crippen LogP contribution >= 0.6 is 0 Å². The van der Waals surface area contributed by atoms with E-state index in [0.717, 1.165) is 17.0 Å². The summed E-state index contributed by atoms with van der Waals surface area (Å²) >= 11 is 0. The Kier molecular flexibility index (Phi) is 3.72. The van der Waals surface area contributed by atoms with Crippen molar-refractivity contribution in [2.75, 3.05) is 7.11 Å². The number of nitrogens with zero attached hydrogens (tertiary/aromatic N) is 1. The number of rotatable bonds is 4. The molecule has 1 heterocycles. The molecule has 1 aromatic heterocycles. The van der Waals surface area contributed by atoms with E-state index in [1.54, 1.807) is 19.4 Å². The van der Waals surface area contributed by atoms with Gasteiger partial charge in [0, 0.05) is 23.7 Å². The Morgan fingerprint density at radius 2 is 2.11 bits per heavy atom. The van der Waals surface area contributed by atoms with Crippen molar-refractivity contribution in [3.8, 4) is 17.0 Å². The molecule has 0 atom stereocenters. The number of carbonyl (C=O) groups is 1. The number of carbonyl (C=O) groups excluding carboxylic acids is 1. The lowest BCUT2D eigenvalue weighted by Gasteiger charge is -2.05. The lowest BCUT2D eigenvalue weighted by Crippen LogP contribution is -1.97. The predicted octanol–water partition coefficient (Wildman–Crippen LogP) is 3.35. The molecule has 2 rings (SSSR count). The standard InChI is InChI=1S/C15H15NO2/c1-3-15(17)12-7-8-16-14(10-12)11-5-4-6-13(9-11)18-2/h4-10H,3H2,1-2H3. The smallest absolute Gasteiger partial charge is 0.162 e. The number of ketones is 1. The third-order valence-corrected chi connectivity index (χ3v) is 2.77. The van der Waals surface area contributed by atoms with Crippen molar-refractivity contribution in [2.45, 2.75) is 13.3 Å². The molecule has 3 nitrogen and oxygen atoms in total. The van der Waals surface area contributed by atoms with Crippen molar-refractivity contribution in [1.82, 2.24) is 4.98 Å². The molecule has 0 unspecified atom stereocenters. The maximum atomic E-state index is 11.7. The number of pyridine rings is 1. The van der Waals surface area contributed by atoms with Crippen molar-refractivity contribution in [3.05, 3.63) is 48.2 Å². The van der Waals surface area contributed by atoms with Crippen molar-refractivity contribution >= 4 is 5.78 Å². The Balaban J connectivity index is 2.41. The van der Waals surface area contributed by atoms with Crippen molar-refractivity contribution < 1.29 is 9.53 Å². The number of Topliss-reactive ketones (excluding diaryl/α,β-unsaturated/α-hetero) is 1. The van der Waals surface area contributed by atoms with Gasteiger partial charge in [0.2, 0.25) is 0 Å². The van der Waals surface area contributed by atoms with Gasteiger partial charge in [-0.3, -0.25) is 9.78 Å². The summed E-state index contributed by atoms with van der Waals surface area (Å²) in [6, 6.07) is 11.2. The van der Waals surface area contributed by atoms with Gasteiger partial charge in [0.15, 0.2) is 5.78 Å². The monoisotopic (exact) mass is 241 g/mol. The first-order valence-electron chi connectivity index (χ1n) is 5.88. The second-order valence-electron chi connectivity index (χ2n) is 3.94. The molecule has 2 aromatic rings. The number of aromatic nitrogens is 1. The van der Waals surface area contributed by atoms with Crippen molar-refractivity contribution in [3.63, 3.8) is 0 Å². The van der Waals surface area contributed by atoms with Gasteiger partial charge >= 0.3 is 0 Å². The first-order valence-corrected chi connectivity index (χ1v) is 5.88. The van der Waals surface area contributed by atoms with Crippen LogP contribution in [0.3, 0.4) is 0 Å². The van der Waals surface area contributed by atoms with Crippen molar-refractivity contribution in [1.29, 1.82) is 0 Å². The van der Waals surface area contributed by atoms with Crippen LogP contribution in [0.4, 0.5) is 0 Å². The Bertz CT molecular complexity index is 564. The third kappa shape index (κ3) is 2.56. The number of methoxy groups -OCH3 is 1. The topological polar surface area (TPSA) is 39.2 Å². The minimum Gasteiger partial charge on any atom is -0.497 e. The first-order chi connectivity index (χ1) is 8.74. The summed E-state index contributed by atoms with van der Waals surface area (Å²) in [5.74, 6) is 0.906. The molecule has 92 valence electrons. The van der Waals surface area contributed by atoms with Gasteiger partial charge in [-0.1, -0.05) is 19.1 Å². The van der Waals surface area contributed by atoms with E-state index in [0.29, 0.717) is 12.0 Å². The Morgan fingerprint density at radius 3 is 2.83 bits per heavy atom. The van der Waals surface area contributed by atoms with E-state index in [-0.39, 0.29) is 5.78 Å². The number of hydrogen-bond acceptors (Lipinski definition) is 3. The van der Waals surface area contributed by atoms with Crippen LogP contribution in [0.25, 0.3) is 11.3 Å². The SMILES string of the molecule is CCC(=O)c1ccnc(-c2cccc(OC)c2)c1. The van der Waals surface area contributed by atoms with Crippen LogP contribution < -0.4 is 4.74 Å². The minimum atomic E-state index is 0.126. The van der Waals surface area contributed by atoms with Crippen LogP contribution in [0.2, 0.25) is 0 Å². The molecule has 0 radical (unpaired) electrons. The molecule has 0 aliphatic heterocycles. The number of ether oxygens (including phenoxy) is 1. The zero-order valence-corrected chi connectivity index (χ0v) is 10.5. The molecule has 3 heteroatoms. The molecule has 0 fully saturated rings. The highest BCUT2D eigenvalue weighted by molar-refractivity contribution is 5.96. The van der Waals surface area contributed by atoms with Gasteiger partial charge in [0.1, 0.15) is 5.75 Å². The van der Waals surface area contributed by atoms with E-state index in [2.05, 4.69) is 4.98 Å². The highest BCUT2D eigenvalue weighted by Gasteiger charge is 2.06. The van der Waals surface area contributed by atoms with E-state index in [1.807, 2.05) is 37.3 Å². The Hall–Kier alpha value is -2.16. The predicted molar refractivity (Wildman–Crippen MR) is 70.8 cm³/mol. The van der Waals surface area contributed by atoms with E-state index >= 15 is 0 Å². The van der Waals surface area contributed by atoms with Crippen LogP contribution in [0.1, 0.15) is 23.7 Å². The van der Waals surface area contributed by atoms with Gasteiger partial charge in [-0.15, -0.1) is 0 Å². The van der Waals surface area contributed by atoms with E-state index in [1.165, 1.54) is 0 Å². The zero-order chi connectivity index (χ0) is 13.0. The van der Waals surface area contributed by atoms with E-state index < -0.39 is 0 Å². The lowest BCUT2D eigenvalue weighted by atomic mass is 10.1. The summed E-state index contributed by atoms with van der Waals surface area (Å²) in [4.78, 5) is 16.0. The summed E-state index contributed by atoms with van der Waals surface area (Å²) < 4.78 is 5.18. The summed E-state index contributed by atoms with van der Waals surface area (Å²) in [5, 5.41) is 0. The second kappa shape index (κ2) is 5.45. The maximum absolute atomic E-state index is 11.7. The molecular formula is C15H15NO2. The second-order valence-corrected chi connectivity index (χ2v) is 3.94. The lowest BCUT2D eigenvalue weighted by molar-refractivity contribution is 0.0988. The molecule has 1 aromatic carbocycles. The molecule has 18 heavy (non-hydrogen) atoms. The van der Waals surface area contributed by atoms with Gasteiger partial charge in [0.05, 0.1) is 12.8 Å². The summed E-state index contributed by atoms with van der Waals surface area (Å²) in [6.07, 6.45) is 2.17. The minimum absolute atomic E-state index is 0.126. The molecule has 0 saturated heterocycles. The quantitative estimate of drug-likeness (QED) is 0.770. The number of hydrogen-bond donors (Lipinski definition) is 0. The summed E-state index contributed by atoms with van der Waals surface area (Å²) in [5.41, 5.74) is 2.43. The average Bonchev–Trinajstić information content (AvgIpc) is 2.46. The van der Waals surface area contributed by atoms with Gasteiger partial charge in [0.25, 0.3) is 0 Å². The van der Waals surface area contributed by atoms with Crippen molar-refractivity contribution in [2.24, 2.45) is 0 Å². The largest absolute Gasteiger partial charge is 0.497 e. The first kappa shape index (κ1) is 12.3. The highest BCUT2D eigenvalue weighted by atomic mass is 16.5. The molecule has 0 saturated carbocycles. The number of benzene rings is 1. The van der Waals surface area contributed by atoms with Crippen LogP contribution in [0, 0.1) is 0 Å². The van der Waals surface area contributed by atoms with Gasteiger partial charge in [-0.25, -0.2) is 0 Å². The third-order valence-electron chi connectivity index (χ3n) is 2.77. The Morgan fingerprint density at radius 1 is 1.28 bits per heavy atom. The molecular weight excluding hydrogens is 226 g/mol.